The normalized spacial score (nSPS) is 10.4. The molecule has 104 valence electrons. The Bertz CT molecular complexity index is 593. The second-order valence-corrected chi connectivity index (χ2v) is 5.07. The van der Waals surface area contributed by atoms with E-state index in [4.69, 9.17) is 16.9 Å². The molecule has 0 radical (unpaired) electrons. The fourth-order valence-corrected chi connectivity index (χ4v) is 2.37. The summed E-state index contributed by atoms with van der Waals surface area (Å²) in [4.78, 5) is 4.48. The van der Waals surface area contributed by atoms with E-state index in [0.717, 1.165) is 42.9 Å². The van der Waals surface area contributed by atoms with Crippen molar-refractivity contribution >= 4 is 11.6 Å². The molecule has 0 amide bonds. The lowest BCUT2D eigenvalue weighted by Gasteiger charge is -2.11. The van der Waals surface area contributed by atoms with E-state index in [-0.39, 0.29) is 0 Å². The molecule has 2 rings (SSSR count). The van der Waals surface area contributed by atoms with Crippen molar-refractivity contribution in [2.45, 2.75) is 38.6 Å². The third-order valence-electron chi connectivity index (χ3n) is 3.34. The Morgan fingerprint density at radius 3 is 2.65 bits per heavy atom. The topological polar surface area (TPSA) is 41.6 Å². The molecule has 1 aromatic carbocycles. The van der Waals surface area contributed by atoms with E-state index in [1.165, 1.54) is 0 Å². The molecular formula is C16H18ClN3. The van der Waals surface area contributed by atoms with Gasteiger partial charge in [-0.2, -0.15) is 5.26 Å². The zero-order valence-electron chi connectivity index (χ0n) is 11.6. The van der Waals surface area contributed by atoms with Gasteiger partial charge in [-0.15, -0.1) is 11.6 Å². The molecule has 4 heteroatoms. The summed E-state index contributed by atoms with van der Waals surface area (Å²) >= 11 is 5.99. The van der Waals surface area contributed by atoms with Crippen LogP contribution in [0.2, 0.25) is 0 Å². The average Bonchev–Trinajstić information content (AvgIpc) is 2.88. The van der Waals surface area contributed by atoms with Crippen LogP contribution in [0.4, 0.5) is 0 Å². The van der Waals surface area contributed by atoms with Crippen LogP contribution in [0.3, 0.4) is 0 Å². The molecule has 0 bridgehead atoms. The number of hydrogen-bond donors (Lipinski definition) is 0. The van der Waals surface area contributed by atoms with Crippen molar-refractivity contribution in [2.75, 3.05) is 0 Å². The highest BCUT2D eigenvalue weighted by Gasteiger charge is 2.09. The van der Waals surface area contributed by atoms with Crippen LogP contribution in [0.25, 0.3) is 0 Å². The number of rotatable bonds is 6. The van der Waals surface area contributed by atoms with Crippen molar-refractivity contribution in [1.29, 1.82) is 5.26 Å². The number of aryl methyl sites for hydroxylation is 1. The van der Waals surface area contributed by atoms with Crippen molar-refractivity contribution in [3.8, 4) is 6.07 Å². The molecule has 0 saturated heterocycles. The first-order valence-electron chi connectivity index (χ1n) is 6.86. The van der Waals surface area contributed by atoms with E-state index in [0.29, 0.717) is 11.4 Å². The standard InChI is InChI=1S/C16H18ClN3/c1-2-3-4-16-19-11-15(9-17)20(16)12-14-7-5-13(10-18)6-8-14/h5-8,11H,2-4,9,12H2,1H3. The number of nitrogens with zero attached hydrogens (tertiary/aromatic N) is 3. The van der Waals surface area contributed by atoms with Gasteiger partial charge < -0.3 is 4.57 Å². The third-order valence-corrected chi connectivity index (χ3v) is 3.61. The lowest BCUT2D eigenvalue weighted by atomic mass is 10.1. The van der Waals surface area contributed by atoms with Crippen molar-refractivity contribution in [1.82, 2.24) is 9.55 Å². The summed E-state index contributed by atoms with van der Waals surface area (Å²) in [6.07, 6.45) is 5.12. The fraction of sp³-hybridized carbons (Fsp3) is 0.375. The van der Waals surface area contributed by atoms with Crippen LogP contribution < -0.4 is 0 Å². The summed E-state index contributed by atoms with van der Waals surface area (Å²) in [5, 5.41) is 8.83. The Kier molecular flexibility index (Phi) is 5.20. The first kappa shape index (κ1) is 14.6. The Morgan fingerprint density at radius 1 is 1.30 bits per heavy atom. The SMILES string of the molecule is CCCCc1ncc(CCl)n1Cc1ccc(C#N)cc1. The minimum atomic E-state index is 0.468. The minimum absolute atomic E-state index is 0.468. The molecule has 0 unspecified atom stereocenters. The maximum atomic E-state index is 8.83. The quantitative estimate of drug-likeness (QED) is 0.757. The summed E-state index contributed by atoms with van der Waals surface area (Å²) in [5.41, 5.74) is 2.89. The van der Waals surface area contributed by atoms with Gasteiger partial charge in [0.1, 0.15) is 5.82 Å². The Balaban J connectivity index is 2.21. The largest absolute Gasteiger partial charge is 0.326 e. The van der Waals surface area contributed by atoms with Crippen LogP contribution in [-0.2, 0) is 18.8 Å². The highest BCUT2D eigenvalue weighted by atomic mass is 35.5. The number of hydrogen-bond acceptors (Lipinski definition) is 2. The smallest absolute Gasteiger partial charge is 0.109 e. The van der Waals surface area contributed by atoms with Gasteiger partial charge in [0.15, 0.2) is 0 Å². The molecule has 1 heterocycles. The lowest BCUT2D eigenvalue weighted by molar-refractivity contribution is 0.665. The molecule has 0 aliphatic carbocycles. The maximum Gasteiger partial charge on any atom is 0.109 e. The first-order chi connectivity index (χ1) is 9.78. The van der Waals surface area contributed by atoms with E-state index in [1.807, 2.05) is 30.5 Å². The van der Waals surface area contributed by atoms with Crippen LogP contribution in [-0.4, -0.2) is 9.55 Å². The number of alkyl halides is 1. The summed E-state index contributed by atoms with van der Waals surface area (Å²) in [6, 6.07) is 9.80. The molecule has 3 nitrogen and oxygen atoms in total. The predicted molar refractivity (Wildman–Crippen MR) is 80.7 cm³/mol. The predicted octanol–water partition coefficient (Wildman–Crippen LogP) is 3.88. The first-order valence-corrected chi connectivity index (χ1v) is 7.40. The highest BCUT2D eigenvalue weighted by molar-refractivity contribution is 6.16. The molecule has 0 spiro atoms. The molecule has 0 saturated carbocycles. The van der Waals surface area contributed by atoms with Crippen molar-refractivity contribution in [2.24, 2.45) is 0 Å². The summed E-state index contributed by atoms with van der Waals surface area (Å²) in [7, 11) is 0. The Morgan fingerprint density at radius 2 is 2.05 bits per heavy atom. The van der Waals surface area contributed by atoms with E-state index < -0.39 is 0 Å². The van der Waals surface area contributed by atoms with Crippen LogP contribution >= 0.6 is 11.6 Å². The van der Waals surface area contributed by atoms with Gasteiger partial charge in [0, 0.05) is 19.2 Å². The Hall–Kier alpha value is -1.79. The zero-order valence-corrected chi connectivity index (χ0v) is 12.4. The summed E-state index contributed by atoms with van der Waals surface area (Å²) in [5.74, 6) is 1.56. The van der Waals surface area contributed by atoms with Gasteiger partial charge in [-0.05, 0) is 24.1 Å². The molecule has 0 aliphatic heterocycles. The number of aromatic nitrogens is 2. The van der Waals surface area contributed by atoms with Crippen molar-refractivity contribution in [3.05, 3.63) is 53.1 Å². The molecule has 2 aromatic rings. The van der Waals surface area contributed by atoms with Gasteiger partial charge in [-0.25, -0.2) is 4.98 Å². The number of halogens is 1. The van der Waals surface area contributed by atoms with Gasteiger partial charge in [0.25, 0.3) is 0 Å². The van der Waals surface area contributed by atoms with Crippen molar-refractivity contribution < 1.29 is 0 Å². The van der Waals surface area contributed by atoms with Crippen LogP contribution in [0.5, 0.6) is 0 Å². The van der Waals surface area contributed by atoms with Gasteiger partial charge in [-0.3, -0.25) is 0 Å². The van der Waals surface area contributed by atoms with E-state index in [2.05, 4.69) is 22.5 Å². The van der Waals surface area contributed by atoms with Gasteiger partial charge in [0.2, 0.25) is 0 Å². The minimum Gasteiger partial charge on any atom is -0.326 e. The van der Waals surface area contributed by atoms with Gasteiger partial charge in [-0.1, -0.05) is 25.5 Å². The second-order valence-electron chi connectivity index (χ2n) is 4.80. The fourth-order valence-electron chi connectivity index (χ4n) is 2.16. The van der Waals surface area contributed by atoms with Crippen LogP contribution in [0.1, 0.15) is 42.4 Å². The molecule has 0 aliphatic rings. The molecule has 0 fully saturated rings. The highest BCUT2D eigenvalue weighted by Crippen LogP contribution is 2.14. The Labute approximate surface area is 124 Å². The van der Waals surface area contributed by atoms with Gasteiger partial charge >= 0.3 is 0 Å². The van der Waals surface area contributed by atoms with E-state index in [1.54, 1.807) is 0 Å². The second kappa shape index (κ2) is 7.12. The third kappa shape index (κ3) is 3.40. The molecule has 1 aromatic heterocycles. The van der Waals surface area contributed by atoms with Crippen molar-refractivity contribution in [3.63, 3.8) is 0 Å². The number of unbranched alkanes of at least 4 members (excludes halogenated alkanes) is 1. The maximum absolute atomic E-state index is 8.83. The number of benzene rings is 1. The molecular weight excluding hydrogens is 270 g/mol. The summed E-state index contributed by atoms with van der Waals surface area (Å²) < 4.78 is 2.18. The van der Waals surface area contributed by atoms with Gasteiger partial charge in [0.05, 0.1) is 23.2 Å². The lowest BCUT2D eigenvalue weighted by Crippen LogP contribution is -2.08. The number of nitriles is 1. The van der Waals surface area contributed by atoms with Crippen LogP contribution in [0.15, 0.2) is 30.5 Å². The zero-order chi connectivity index (χ0) is 14.4. The van der Waals surface area contributed by atoms with E-state index in [9.17, 15) is 0 Å². The van der Waals surface area contributed by atoms with Crippen LogP contribution in [0, 0.1) is 11.3 Å². The average molecular weight is 288 g/mol. The summed E-state index contributed by atoms with van der Waals surface area (Å²) in [6.45, 7) is 2.93. The monoisotopic (exact) mass is 287 g/mol. The molecule has 20 heavy (non-hydrogen) atoms. The molecule has 0 atom stereocenters. The van der Waals surface area contributed by atoms with E-state index >= 15 is 0 Å². The number of imidazole rings is 1. The molecule has 0 N–H and O–H groups in total.